The molecule has 2 rings (SSSR count). The van der Waals surface area contributed by atoms with Gasteiger partial charge in [0.2, 0.25) is 0 Å². The van der Waals surface area contributed by atoms with Gasteiger partial charge < -0.3 is 10.5 Å². The van der Waals surface area contributed by atoms with Crippen LogP contribution in [0.2, 0.25) is 0 Å². The van der Waals surface area contributed by atoms with Crippen LogP contribution < -0.4 is 10.5 Å². The molecule has 0 aliphatic heterocycles. The molecule has 0 radical (unpaired) electrons. The molecule has 19 heavy (non-hydrogen) atoms. The zero-order valence-corrected chi connectivity index (χ0v) is 13.4. The van der Waals surface area contributed by atoms with Crippen LogP contribution in [0.3, 0.4) is 0 Å². The third-order valence-corrected chi connectivity index (χ3v) is 4.92. The van der Waals surface area contributed by atoms with E-state index in [4.69, 9.17) is 10.5 Å². The largest absolute Gasteiger partial charge is 0.489 e. The quantitative estimate of drug-likeness (QED) is 0.902. The molecule has 0 heterocycles. The first-order valence-electron chi connectivity index (χ1n) is 7.26. The van der Waals surface area contributed by atoms with Crippen LogP contribution in [0.4, 0.5) is 0 Å². The topological polar surface area (TPSA) is 35.2 Å². The minimum Gasteiger partial charge on any atom is -0.489 e. The number of hydrogen-bond acceptors (Lipinski definition) is 2. The van der Waals surface area contributed by atoms with Gasteiger partial charge in [-0.3, -0.25) is 0 Å². The second-order valence-corrected chi connectivity index (χ2v) is 6.63. The van der Waals surface area contributed by atoms with E-state index in [1.54, 1.807) is 0 Å². The van der Waals surface area contributed by atoms with E-state index in [2.05, 4.69) is 35.8 Å². The minimum atomic E-state index is 0.349. The molecule has 1 aliphatic carbocycles. The van der Waals surface area contributed by atoms with E-state index in [-0.39, 0.29) is 0 Å². The van der Waals surface area contributed by atoms with Crippen molar-refractivity contribution in [3.05, 3.63) is 28.2 Å². The summed E-state index contributed by atoms with van der Waals surface area (Å²) in [6.07, 6.45) is 4.80. The molecule has 3 unspecified atom stereocenters. The zero-order chi connectivity index (χ0) is 13.8. The Morgan fingerprint density at radius 1 is 1.26 bits per heavy atom. The minimum absolute atomic E-state index is 0.349. The molecule has 2 N–H and O–H groups in total. The highest BCUT2D eigenvalue weighted by Crippen LogP contribution is 2.35. The number of para-hydroxylation sites is 1. The van der Waals surface area contributed by atoms with E-state index in [0.29, 0.717) is 12.6 Å². The lowest BCUT2D eigenvalue weighted by Gasteiger charge is -2.33. The van der Waals surface area contributed by atoms with E-state index in [1.807, 2.05) is 12.1 Å². The van der Waals surface area contributed by atoms with Crippen molar-refractivity contribution in [2.75, 3.05) is 6.54 Å². The van der Waals surface area contributed by atoms with Crippen LogP contribution in [0.15, 0.2) is 22.7 Å². The van der Waals surface area contributed by atoms with Gasteiger partial charge in [0, 0.05) is 0 Å². The van der Waals surface area contributed by atoms with Crippen LogP contribution in [0, 0.1) is 11.8 Å². The molecule has 2 nitrogen and oxygen atoms in total. The fourth-order valence-electron chi connectivity index (χ4n) is 2.81. The monoisotopic (exact) mass is 325 g/mol. The number of ether oxygens (including phenoxy) is 1. The summed E-state index contributed by atoms with van der Waals surface area (Å²) in [5.41, 5.74) is 6.89. The summed E-state index contributed by atoms with van der Waals surface area (Å²) in [4.78, 5) is 0. The van der Waals surface area contributed by atoms with Crippen molar-refractivity contribution in [2.45, 2.75) is 45.6 Å². The molecular weight excluding hydrogens is 302 g/mol. The van der Waals surface area contributed by atoms with Crippen LogP contribution in [-0.2, 0) is 6.42 Å². The number of nitrogens with two attached hydrogens (primary N) is 1. The summed E-state index contributed by atoms with van der Waals surface area (Å²) in [5.74, 6) is 2.57. The van der Waals surface area contributed by atoms with E-state index in [1.165, 1.54) is 12.0 Å². The van der Waals surface area contributed by atoms with Crippen molar-refractivity contribution in [2.24, 2.45) is 17.6 Å². The van der Waals surface area contributed by atoms with Crippen molar-refractivity contribution >= 4 is 15.9 Å². The molecule has 1 fully saturated rings. The smallest absolute Gasteiger partial charge is 0.137 e. The van der Waals surface area contributed by atoms with Crippen LogP contribution in [0.1, 0.15) is 38.7 Å². The van der Waals surface area contributed by atoms with Gasteiger partial charge >= 0.3 is 0 Å². The predicted molar refractivity (Wildman–Crippen MR) is 83.5 cm³/mol. The number of halogens is 1. The molecule has 3 atom stereocenters. The molecule has 0 aromatic heterocycles. The Hall–Kier alpha value is -0.540. The van der Waals surface area contributed by atoms with Gasteiger partial charge in [-0.25, -0.2) is 0 Å². The lowest BCUT2D eigenvalue weighted by molar-refractivity contribution is 0.0990. The van der Waals surface area contributed by atoms with Crippen molar-refractivity contribution in [3.8, 4) is 5.75 Å². The second-order valence-electron chi connectivity index (χ2n) is 5.77. The summed E-state index contributed by atoms with van der Waals surface area (Å²) in [7, 11) is 0. The van der Waals surface area contributed by atoms with Gasteiger partial charge in [-0.05, 0) is 71.6 Å². The summed E-state index contributed by atoms with van der Waals surface area (Å²) in [6, 6.07) is 6.21. The third-order valence-electron chi connectivity index (χ3n) is 4.30. The number of hydrogen-bond donors (Lipinski definition) is 1. The Morgan fingerprint density at radius 3 is 2.74 bits per heavy atom. The molecule has 1 aliphatic rings. The Balaban J connectivity index is 2.10. The van der Waals surface area contributed by atoms with Crippen LogP contribution >= 0.6 is 15.9 Å². The Morgan fingerprint density at radius 2 is 2.05 bits per heavy atom. The van der Waals surface area contributed by atoms with Gasteiger partial charge in [0.05, 0.1) is 10.6 Å². The molecule has 1 aromatic rings. The van der Waals surface area contributed by atoms with Gasteiger partial charge in [-0.2, -0.15) is 0 Å². The Kier molecular flexibility index (Phi) is 5.28. The van der Waals surface area contributed by atoms with Crippen LogP contribution in [-0.4, -0.2) is 12.6 Å². The number of benzene rings is 1. The van der Waals surface area contributed by atoms with E-state index in [9.17, 15) is 0 Å². The molecule has 0 amide bonds. The van der Waals surface area contributed by atoms with Crippen molar-refractivity contribution in [1.82, 2.24) is 0 Å². The van der Waals surface area contributed by atoms with Gasteiger partial charge in [0.15, 0.2) is 0 Å². The maximum absolute atomic E-state index is 6.29. The lowest BCUT2D eigenvalue weighted by atomic mass is 9.80. The van der Waals surface area contributed by atoms with Gasteiger partial charge in [0.25, 0.3) is 0 Å². The van der Waals surface area contributed by atoms with E-state index >= 15 is 0 Å². The molecule has 1 saturated carbocycles. The van der Waals surface area contributed by atoms with Gasteiger partial charge in [-0.1, -0.05) is 26.0 Å². The highest BCUT2D eigenvalue weighted by atomic mass is 79.9. The molecule has 1 aromatic carbocycles. The first-order valence-corrected chi connectivity index (χ1v) is 8.05. The van der Waals surface area contributed by atoms with Crippen molar-refractivity contribution in [3.63, 3.8) is 0 Å². The third kappa shape index (κ3) is 3.73. The van der Waals surface area contributed by atoms with Crippen molar-refractivity contribution in [1.29, 1.82) is 0 Å². The highest BCUT2D eigenvalue weighted by Gasteiger charge is 2.26. The SMILES string of the molecule is CC1CCC(Oc2c(Br)cccc2CCN)CC1C. The van der Waals surface area contributed by atoms with E-state index < -0.39 is 0 Å². The summed E-state index contributed by atoms with van der Waals surface area (Å²) >= 11 is 3.61. The molecule has 0 saturated heterocycles. The zero-order valence-electron chi connectivity index (χ0n) is 11.9. The van der Waals surface area contributed by atoms with E-state index in [0.717, 1.165) is 41.3 Å². The first-order chi connectivity index (χ1) is 9.11. The van der Waals surface area contributed by atoms with Crippen molar-refractivity contribution < 1.29 is 4.74 Å². The maximum Gasteiger partial charge on any atom is 0.137 e. The van der Waals surface area contributed by atoms with Gasteiger partial charge in [0.1, 0.15) is 5.75 Å². The number of rotatable bonds is 4. The maximum atomic E-state index is 6.29. The molecule has 0 bridgehead atoms. The fourth-order valence-corrected chi connectivity index (χ4v) is 3.31. The molecule has 106 valence electrons. The van der Waals surface area contributed by atoms with Gasteiger partial charge in [-0.15, -0.1) is 0 Å². The predicted octanol–water partition coefficient (Wildman–Crippen LogP) is 4.15. The van der Waals surface area contributed by atoms with Crippen LogP contribution in [0.5, 0.6) is 5.75 Å². The summed E-state index contributed by atoms with van der Waals surface area (Å²) < 4.78 is 7.33. The molecule has 0 spiro atoms. The molecular formula is C16H24BrNO. The highest BCUT2D eigenvalue weighted by molar-refractivity contribution is 9.10. The Bertz CT molecular complexity index is 421. The summed E-state index contributed by atoms with van der Waals surface area (Å²) in [6.45, 7) is 5.34. The van der Waals surface area contributed by atoms with Crippen LogP contribution in [0.25, 0.3) is 0 Å². The Labute approximate surface area is 124 Å². The summed E-state index contributed by atoms with van der Waals surface area (Å²) in [5, 5.41) is 0. The standard InChI is InChI=1S/C16H24BrNO/c1-11-6-7-14(10-12(11)2)19-16-13(8-9-18)4-3-5-15(16)17/h3-5,11-12,14H,6-10,18H2,1-2H3. The average Bonchev–Trinajstić information content (AvgIpc) is 2.38. The average molecular weight is 326 g/mol. The second kappa shape index (κ2) is 6.76. The lowest BCUT2D eigenvalue weighted by Crippen LogP contribution is -2.29. The normalized spacial score (nSPS) is 27.3. The fraction of sp³-hybridized carbons (Fsp3) is 0.625. The first kappa shape index (κ1) is 14.9. The molecule has 3 heteroatoms.